The summed E-state index contributed by atoms with van der Waals surface area (Å²) in [5.74, 6) is -0.669. The van der Waals surface area contributed by atoms with Gasteiger partial charge >= 0.3 is 0 Å². The van der Waals surface area contributed by atoms with Crippen LogP contribution in [0.25, 0.3) is 0 Å². The molecule has 86 valence electrons. The summed E-state index contributed by atoms with van der Waals surface area (Å²) >= 11 is 0. The lowest BCUT2D eigenvalue weighted by atomic mass is 10.1. The molecule has 0 unspecified atom stereocenters. The van der Waals surface area contributed by atoms with Crippen LogP contribution in [0, 0.1) is 0 Å². The van der Waals surface area contributed by atoms with Crippen molar-refractivity contribution >= 4 is 11.8 Å². The van der Waals surface area contributed by atoms with Crippen LogP contribution >= 0.6 is 0 Å². The molecule has 1 saturated carbocycles. The standard InChI is InChI=1S/C10H19N3O2/c1-10(2,9(11)15)13-8(14)5-6-12-7-3-4-7/h7,12H,3-6H2,1-2H3,(H2,11,15)(H,13,14). The van der Waals surface area contributed by atoms with E-state index in [9.17, 15) is 9.59 Å². The van der Waals surface area contributed by atoms with Crippen molar-refractivity contribution in [2.75, 3.05) is 6.54 Å². The minimum absolute atomic E-state index is 0.146. The van der Waals surface area contributed by atoms with Crippen molar-refractivity contribution < 1.29 is 9.59 Å². The predicted octanol–water partition coefficient (Wildman–Crippen LogP) is -0.491. The van der Waals surface area contributed by atoms with E-state index in [0.29, 0.717) is 19.0 Å². The monoisotopic (exact) mass is 213 g/mol. The average Bonchev–Trinajstić information content (AvgIpc) is 2.86. The molecule has 0 bridgehead atoms. The zero-order valence-electron chi connectivity index (χ0n) is 9.30. The normalized spacial score (nSPS) is 16.1. The quantitative estimate of drug-likeness (QED) is 0.556. The van der Waals surface area contributed by atoms with Crippen molar-refractivity contribution in [1.82, 2.24) is 10.6 Å². The molecule has 1 rings (SSSR count). The van der Waals surface area contributed by atoms with Crippen molar-refractivity contribution in [1.29, 1.82) is 0 Å². The van der Waals surface area contributed by atoms with E-state index in [1.807, 2.05) is 0 Å². The summed E-state index contributed by atoms with van der Waals surface area (Å²) in [7, 11) is 0. The molecule has 15 heavy (non-hydrogen) atoms. The fourth-order valence-corrected chi connectivity index (χ4v) is 1.15. The first-order valence-corrected chi connectivity index (χ1v) is 5.26. The summed E-state index contributed by atoms with van der Waals surface area (Å²) in [4.78, 5) is 22.3. The summed E-state index contributed by atoms with van der Waals surface area (Å²) in [5, 5.41) is 5.82. The fourth-order valence-electron chi connectivity index (χ4n) is 1.15. The Morgan fingerprint density at radius 3 is 2.47 bits per heavy atom. The van der Waals surface area contributed by atoms with Gasteiger partial charge in [0.05, 0.1) is 0 Å². The number of nitrogens with one attached hydrogen (secondary N) is 2. The first kappa shape index (κ1) is 12.0. The Labute approximate surface area is 89.8 Å². The van der Waals surface area contributed by atoms with E-state index in [-0.39, 0.29) is 5.91 Å². The molecule has 0 saturated heterocycles. The molecule has 0 aromatic rings. The zero-order chi connectivity index (χ0) is 11.5. The highest BCUT2D eigenvalue weighted by Gasteiger charge is 2.26. The molecular weight excluding hydrogens is 194 g/mol. The predicted molar refractivity (Wildman–Crippen MR) is 57.1 cm³/mol. The van der Waals surface area contributed by atoms with E-state index in [4.69, 9.17) is 5.73 Å². The van der Waals surface area contributed by atoms with Crippen LogP contribution in [-0.4, -0.2) is 29.9 Å². The first-order chi connectivity index (χ1) is 6.92. The van der Waals surface area contributed by atoms with Gasteiger partial charge in [0.1, 0.15) is 5.54 Å². The number of carbonyl (C=O) groups excluding carboxylic acids is 2. The minimum Gasteiger partial charge on any atom is -0.368 e. The van der Waals surface area contributed by atoms with Gasteiger partial charge in [-0.1, -0.05) is 0 Å². The molecule has 0 aliphatic heterocycles. The van der Waals surface area contributed by atoms with Gasteiger partial charge in [0.2, 0.25) is 11.8 Å². The Hall–Kier alpha value is -1.10. The molecule has 0 radical (unpaired) electrons. The maximum absolute atomic E-state index is 11.4. The van der Waals surface area contributed by atoms with Gasteiger partial charge in [-0.05, 0) is 26.7 Å². The SMILES string of the molecule is CC(C)(NC(=O)CCNC1CC1)C(N)=O. The molecule has 0 aromatic carbocycles. The summed E-state index contributed by atoms with van der Waals surface area (Å²) in [6.45, 7) is 3.86. The highest BCUT2D eigenvalue weighted by atomic mass is 16.2. The molecule has 1 fully saturated rings. The van der Waals surface area contributed by atoms with Crippen LogP contribution in [0.2, 0.25) is 0 Å². The van der Waals surface area contributed by atoms with E-state index >= 15 is 0 Å². The second-order valence-corrected chi connectivity index (χ2v) is 4.52. The number of amides is 2. The molecule has 0 atom stereocenters. The van der Waals surface area contributed by atoms with Gasteiger partial charge in [-0.2, -0.15) is 0 Å². The van der Waals surface area contributed by atoms with Crippen molar-refractivity contribution in [3.8, 4) is 0 Å². The zero-order valence-corrected chi connectivity index (χ0v) is 9.30. The third kappa shape index (κ3) is 4.29. The topological polar surface area (TPSA) is 84.2 Å². The Balaban J connectivity index is 2.18. The number of carbonyl (C=O) groups is 2. The van der Waals surface area contributed by atoms with Crippen LogP contribution < -0.4 is 16.4 Å². The first-order valence-electron chi connectivity index (χ1n) is 5.26. The Kier molecular flexibility index (Phi) is 3.68. The second kappa shape index (κ2) is 4.61. The maximum Gasteiger partial charge on any atom is 0.242 e. The van der Waals surface area contributed by atoms with Crippen molar-refractivity contribution in [3.05, 3.63) is 0 Å². The average molecular weight is 213 g/mol. The number of nitrogens with two attached hydrogens (primary N) is 1. The lowest BCUT2D eigenvalue weighted by Gasteiger charge is -2.22. The summed E-state index contributed by atoms with van der Waals surface area (Å²) in [6, 6.07) is 0.599. The Morgan fingerprint density at radius 1 is 1.40 bits per heavy atom. The Morgan fingerprint density at radius 2 is 2.00 bits per heavy atom. The van der Waals surface area contributed by atoms with E-state index in [1.165, 1.54) is 12.8 Å². The lowest BCUT2D eigenvalue weighted by molar-refractivity contribution is -0.130. The van der Waals surface area contributed by atoms with E-state index in [2.05, 4.69) is 10.6 Å². The van der Waals surface area contributed by atoms with Crippen LogP contribution in [0.5, 0.6) is 0 Å². The molecule has 5 heteroatoms. The molecule has 1 aliphatic rings. The van der Waals surface area contributed by atoms with E-state index in [0.717, 1.165) is 0 Å². The second-order valence-electron chi connectivity index (χ2n) is 4.52. The van der Waals surface area contributed by atoms with Crippen LogP contribution in [0.3, 0.4) is 0 Å². The van der Waals surface area contributed by atoms with Crippen LogP contribution in [0.1, 0.15) is 33.1 Å². The summed E-state index contributed by atoms with van der Waals surface area (Å²) < 4.78 is 0. The molecule has 1 aliphatic carbocycles. The molecule has 0 spiro atoms. The van der Waals surface area contributed by atoms with Crippen molar-refractivity contribution in [2.24, 2.45) is 5.73 Å². The maximum atomic E-state index is 11.4. The lowest BCUT2D eigenvalue weighted by Crippen LogP contribution is -2.53. The largest absolute Gasteiger partial charge is 0.368 e. The summed E-state index contributed by atoms with van der Waals surface area (Å²) in [6.07, 6.45) is 2.79. The van der Waals surface area contributed by atoms with Gasteiger partial charge in [0.25, 0.3) is 0 Å². The van der Waals surface area contributed by atoms with Crippen molar-refractivity contribution in [2.45, 2.75) is 44.7 Å². The summed E-state index contributed by atoms with van der Waals surface area (Å²) in [5.41, 5.74) is 4.17. The third-order valence-electron chi connectivity index (χ3n) is 2.43. The molecular formula is C10H19N3O2. The molecule has 2 amide bonds. The van der Waals surface area contributed by atoms with Crippen LogP contribution in [0.4, 0.5) is 0 Å². The number of rotatable bonds is 6. The number of hydrogen-bond acceptors (Lipinski definition) is 3. The smallest absolute Gasteiger partial charge is 0.242 e. The van der Waals surface area contributed by atoms with Crippen LogP contribution in [0.15, 0.2) is 0 Å². The molecule has 5 nitrogen and oxygen atoms in total. The Bertz CT molecular complexity index is 259. The highest BCUT2D eigenvalue weighted by molar-refractivity contribution is 5.89. The number of hydrogen-bond donors (Lipinski definition) is 3. The molecule has 0 aromatic heterocycles. The third-order valence-corrected chi connectivity index (χ3v) is 2.43. The van der Waals surface area contributed by atoms with Gasteiger partial charge in [-0.3, -0.25) is 9.59 Å². The van der Waals surface area contributed by atoms with Gasteiger partial charge < -0.3 is 16.4 Å². The highest BCUT2D eigenvalue weighted by Crippen LogP contribution is 2.18. The van der Waals surface area contributed by atoms with E-state index in [1.54, 1.807) is 13.8 Å². The van der Waals surface area contributed by atoms with Crippen molar-refractivity contribution in [3.63, 3.8) is 0 Å². The van der Waals surface area contributed by atoms with E-state index < -0.39 is 11.4 Å². The minimum atomic E-state index is -0.962. The van der Waals surface area contributed by atoms with Crippen LogP contribution in [-0.2, 0) is 9.59 Å². The van der Waals surface area contributed by atoms with Gasteiger partial charge in [-0.15, -0.1) is 0 Å². The molecule has 4 N–H and O–H groups in total. The van der Waals surface area contributed by atoms with Gasteiger partial charge in [-0.25, -0.2) is 0 Å². The fraction of sp³-hybridized carbons (Fsp3) is 0.800. The van der Waals surface area contributed by atoms with Gasteiger partial charge in [0.15, 0.2) is 0 Å². The number of primary amides is 1. The molecule has 0 heterocycles. The van der Waals surface area contributed by atoms with Gasteiger partial charge in [0, 0.05) is 19.0 Å².